The van der Waals surface area contributed by atoms with Crippen LogP contribution in [0.4, 0.5) is 5.00 Å². The second-order valence-corrected chi connectivity index (χ2v) is 7.34. The lowest BCUT2D eigenvalue weighted by molar-refractivity contribution is 0.0602. The Morgan fingerprint density at radius 1 is 1.28 bits per heavy atom. The van der Waals surface area contributed by atoms with E-state index in [9.17, 15) is 4.79 Å². The minimum atomic E-state index is -0.367. The number of thiocarbonyl (C=S) groups is 1. The number of esters is 1. The van der Waals surface area contributed by atoms with Crippen LogP contribution in [0.2, 0.25) is 0 Å². The first-order chi connectivity index (χ1) is 12.0. The third-order valence-corrected chi connectivity index (χ3v) is 4.78. The van der Waals surface area contributed by atoms with Gasteiger partial charge in [-0.2, -0.15) is 0 Å². The molecule has 0 aliphatic heterocycles. The lowest BCUT2D eigenvalue weighted by Crippen LogP contribution is -2.34. The third-order valence-electron chi connectivity index (χ3n) is 3.48. The molecule has 0 bridgehead atoms. The second kappa shape index (κ2) is 9.50. The maximum Gasteiger partial charge on any atom is 0.340 e. The minimum Gasteiger partial charge on any atom is -0.465 e. The van der Waals surface area contributed by atoms with Crippen LogP contribution in [0, 0.1) is 0 Å². The van der Waals surface area contributed by atoms with Gasteiger partial charge < -0.3 is 20.3 Å². The van der Waals surface area contributed by atoms with Gasteiger partial charge >= 0.3 is 5.97 Å². The number of carbonyl (C=O) groups is 1. The summed E-state index contributed by atoms with van der Waals surface area (Å²) in [5, 5.41) is 7.47. The summed E-state index contributed by atoms with van der Waals surface area (Å²) in [5.41, 5.74) is 1.70. The maximum atomic E-state index is 12.1. The molecule has 0 radical (unpaired) electrons. The van der Waals surface area contributed by atoms with Crippen molar-refractivity contribution in [3.63, 3.8) is 0 Å². The Hall–Kier alpha value is -1.96. The van der Waals surface area contributed by atoms with Crippen LogP contribution in [0.5, 0.6) is 0 Å². The molecule has 1 heterocycles. The molecule has 7 heteroatoms. The Balaban J connectivity index is 2.09. The van der Waals surface area contributed by atoms with E-state index in [-0.39, 0.29) is 5.97 Å². The average molecular weight is 378 g/mol. The summed E-state index contributed by atoms with van der Waals surface area (Å²) >= 11 is 6.84. The van der Waals surface area contributed by atoms with Crippen molar-refractivity contribution < 1.29 is 9.53 Å². The number of rotatable bonds is 7. The monoisotopic (exact) mass is 377 g/mol. The van der Waals surface area contributed by atoms with Gasteiger partial charge in [-0.25, -0.2) is 4.79 Å². The zero-order valence-corrected chi connectivity index (χ0v) is 16.3. The Morgan fingerprint density at radius 2 is 2.00 bits per heavy atom. The van der Waals surface area contributed by atoms with E-state index in [0.717, 1.165) is 24.4 Å². The number of benzene rings is 1. The summed E-state index contributed by atoms with van der Waals surface area (Å²) in [6.07, 6.45) is 0.762. The smallest absolute Gasteiger partial charge is 0.340 e. The summed E-state index contributed by atoms with van der Waals surface area (Å²) in [4.78, 5) is 15.2. The molecule has 1 aromatic heterocycles. The van der Waals surface area contributed by atoms with Crippen LogP contribution in [-0.4, -0.2) is 50.3 Å². The fraction of sp³-hybridized carbons (Fsp3) is 0.333. The molecule has 0 saturated carbocycles. The summed E-state index contributed by atoms with van der Waals surface area (Å²) in [6.45, 7) is 1.60. The molecule has 0 aliphatic rings. The van der Waals surface area contributed by atoms with Crippen LogP contribution in [0.25, 0.3) is 0 Å². The molecule has 0 aliphatic carbocycles. The van der Waals surface area contributed by atoms with Gasteiger partial charge in [0.15, 0.2) is 5.11 Å². The predicted octanol–water partition coefficient (Wildman–Crippen LogP) is 2.97. The number of nitrogens with one attached hydrogen (secondary N) is 2. The van der Waals surface area contributed by atoms with E-state index in [0.29, 0.717) is 15.7 Å². The number of nitrogens with zero attached hydrogens (tertiary/aromatic N) is 1. The van der Waals surface area contributed by atoms with Crippen molar-refractivity contribution in [3.8, 4) is 0 Å². The van der Waals surface area contributed by atoms with Gasteiger partial charge in [0.05, 0.1) is 12.7 Å². The van der Waals surface area contributed by atoms with Crippen LogP contribution in [0.15, 0.2) is 36.4 Å². The first-order valence-electron chi connectivity index (χ1n) is 7.94. The summed E-state index contributed by atoms with van der Waals surface area (Å²) in [6, 6.07) is 12.0. The fourth-order valence-corrected chi connectivity index (χ4v) is 3.57. The van der Waals surface area contributed by atoms with E-state index in [1.165, 1.54) is 24.0 Å². The molecule has 2 N–H and O–H groups in total. The molecule has 25 heavy (non-hydrogen) atoms. The van der Waals surface area contributed by atoms with Crippen molar-refractivity contribution in [1.29, 1.82) is 0 Å². The van der Waals surface area contributed by atoms with Gasteiger partial charge in [0, 0.05) is 24.4 Å². The summed E-state index contributed by atoms with van der Waals surface area (Å²) in [5.74, 6) is -0.367. The van der Waals surface area contributed by atoms with E-state index in [2.05, 4.69) is 27.7 Å². The minimum absolute atomic E-state index is 0.367. The molecule has 0 unspecified atom stereocenters. The standard InChI is InChI=1S/C18H23N3O2S2/c1-21(2)10-9-19-18(24)20-16-15(17(22)23-3)12-14(25-16)11-13-7-5-4-6-8-13/h4-8,12H,9-11H2,1-3H3,(H2,19,20,24). The molecule has 0 spiro atoms. The van der Waals surface area contributed by atoms with E-state index in [4.69, 9.17) is 17.0 Å². The number of carbonyl (C=O) groups excluding carboxylic acids is 1. The highest BCUT2D eigenvalue weighted by molar-refractivity contribution is 7.80. The number of thiophene rings is 1. The lowest BCUT2D eigenvalue weighted by Gasteiger charge is -2.13. The number of ether oxygens (including phenoxy) is 1. The van der Waals surface area contributed by atoms with Gasteiger partial charge in [-0.15, -0.1) is 11.3 Å². The van der Waals surface area contributed by atoms with Crippen molar-refractivity contribution in [2.75, 3.05) is 39.6 Å². The quantitative estimate of drug-likeness (QED) is 0.572. The molecule has 0 atom stereocenters. The molecule has 2 rings (SSSR count). The van der Waals surface area contributed by atoms with Crippen molar-refractivity contribution in [2.24, 2.45) is 0 Å². The highest BCUT2D eigenvalue weighted by Crippen LogP contribution is 2.30. The molecule has 2 aromatic rings. The van der Waals surface area contributed by atoms with Gasteiger partial charge in [-0.3, -0.25) is 0 Å². The Morgan fingerprint density at radius 3 is 2.64 bits per heavy atom. The lowest BCUT2D eigenvalue weighted by atomic mass is 10.1. The molecule has 0 fully saturated rings. The number of hydrogen-bond acceptors (Lipinski definition) is 5. The highest BCUT2D eigenvalue weighted by Gasteiger charge is 2.17. The van der Waals surface area contributed by atoms with Gasteiger partial charge in [0.25, 0.3) is 0 Å². The summed E-state index contributed by atoms with van der Waals surface area (Å²) < 4.78 is 4.89. The Labute approximate surface area is 158 Å². The third kappa shape index (κ3) is 6.12. The van der Waals surface area contributed by atoms with Crippen molar-refractivity contribution >= 4 is 39.6 Å². The van der Waals surface area contributed by atoms with Crippen LogP contribution in [0.1, 0.15) is 20.8 Å². The number of likely N-dealkylation sites (N-methyl/N-ethyl adjacent to an activating group) is 1. The average Bonchev–Trinajstić information content (AvgIpc) is 2.97. The van der Waals surface area contributed by atoms with Crippen molar-refractivity contribution in [2.45, 2.75) is 6.42 Å². The normalized spacial score (nSPS) is 10.6. The Kier molecular flexibility index (Phi) is 7.36. The molecule has 134 valence electrons. The number of methoxy groups -OCH3 is 1. The number of hydrogen-bond donors (Lipinski definition) is 2. The van der Waals surface area contributed by atoms with E-state index < -0.39 is 0 Å². The van der Waals surface area contributed by atoms with Gasteiger partial charge in [0.2, 0.25) is 0 Å². The van der Waals surface area contributed by atoms with E-state index in [1.807, 2.05) is 38.4 Å². The molecular weight excluding hydrogens is 354 g/mol. The van der Waals surface area contributed by atoms with Crippen molar-refractivity contribution in [1.82, 2.24) is 10.2 Å². The molecule has 1 aromatic carbocycles. The van der Waals surface area contributed by atoms with E-state index >= 15 is 0 Å². The zero-order valence-electron chi connectivity index (χ0n) is 14.7. The first kappa shape index (κ1) is 19.4. The van der Waals surface area contributed by atoms with E-state index in [1.54, 1.807) is 0 Å². The molecular formula is C18H23N3O2S2. The van der Waals surface area contributed by atoms with Crippen LogP contribution in [0.3, 0.4) is 0 Å². The molecule has 5 nitrogen and oxygen atoms in total. The van der Waals surface area contributed by atoms with Crippen LogP contribution in [-0.2, 0) is 11.2 Å². The second-order valence-electron chi connectivity index (χ2n) is 5.79. The van der Waals surface area contributed by atoms with Gasteiger partial charge in [0.1, 0.15) is 5.00 Å². The SMILES string of the molecule is COC(=O)c1cc(Cc2ccccc2)sc1NC(=S)NCCN(C)C. The van der Waals surface area contributed by atoms with Crippen LogP contribution >= 0.6 is 23.6 Å². The maximum absolute atomic E-state index is 12.1. The van der Waals surface area contributed by atoms with Gasteiger partial charge in [-0.05, 0) is 37.9 Å². The molecule has 0 saturated heterocycles. The molecule has 0 amide bonds. The highest BCUT2D eigenvalue weighted by atomic mass is 32.1. The largest absolute Gasteiger partial charge is 0.465 e. The fourth-order valence-electron chi connectivity index (χ4n) is 2.22. The Bertz CT molecular complexity index is 714. The predicted molar refractivity (Wildman–Crippen MR) is 108 cm³/mol. The zero-order chi connectivity index (χ0) is 18.2. The first-order valence-corrected chi connectivity index (χ1v) is 9.16. The van der Waals surface area contributed by atoms with Crippen LogP contribution < -0.4 is 10.6 Å². The topological polar surface area (TPSA) is 53.6 Å². The van der Waals surface area contributed by atoms with Gasteiger partial charge in [-0.1, -0.05) is 30.3 Å². The van der Waals surface area contributed by atoms with Crippen molar-refractivity contribution in [3.05, 3.63) is 52.4 Å². The number of anilines is 1. The summed E-state index contributed by atoms with van der Waals surface area (Å²) in [7, 11) is 5.39.